The third kappa shape index (κ3) is 2.67. The van der Waals surface area contributed by atoms with Gasteiger partial charge in [-0.15, -0.1) is 0 Å². The van der Waals surface area contributed by atoms with Crippen LogP contribution in [0.1, 0.15) is 0 Å². The van der Waals surface area contributed by atoms with Crippen LogP contribution in [0, 0.1) is 0 Å². The minimum atomic E-state index is 0.429. The van der Waals surface area contributed by atoms with Crippen molar-refractivity contribution in [3.05, 3.63) is 52.6 Å². The molecule has 0 bridgehead atoms. The minimum absolute atomic E-state index is 0.429. The first-order chi connectivity index (χ1) is 10.1. The summed E-state index contributed by atoms with van der Waals surface area (Å²) >= 11 is 12.5. The maximum absolute atomic E-state index is 6.33. The Morgan fingerprint density at radius 2 is 1.71 bits per heavy atom. The van der Waals surface area contributed by atoms with Crippen LogP contribution in [0.2, 0.25) is 10.2 Å². The highest BCUT2D eigenvalue weighted by Crippen LogP contribution is 2.30. The second-order valence-electron chi connectivity index (χ2n) is 4.91. The Labute approximate surface area is 133 Å². The largest absolute Gasteiger partial charge is 0.378 e. The zero-order valence-corrected chi connectivity index (χ0v) is 13.2. The fourth-order valence-electron chi connectivity index (χ4n) is 2.12. The Morgan fingerprint density at radius 3 is 2.43 bits per heavy atom. The summed E-state index contributed by atoms with van der Waals surface area (Å²) in [7, 11) is 3.96. The minimum Gasteiger partial charge on any atom is -0.378 e. The first-order valence-electron chi connectivity index (χ1n) is 6.46. The number of benzene rings is 2. The SMILES string of the molecule is CN(C)c1ccc2nc(-c3ccccc3Cl)nc(Cl)c2c1. The highest BCUT2D eigenvalue weighted by atomic mass is 35.5. The Kier molecular flexibility index (Phi) is 3.70. The third-order valence-electron chi connectivity index (χ3n) is 3.26. The van der Waals surface area contributed by atoms with Gasteiger partial charge in [0, 0.05) is 30.7 Å². The second kappa shape index (κ2) is 5.51. The number of anilines is 1. The van der Waals surface area contributed by atoms with E-state index in [0.717, 1.165) is 22.2 Å². The highest BCUT2D eigenvalue weighted by Gasteiger charge is 2.11. The summed E-state index contributed by atoms with van der Waals surface area (Å²) < 4.78 is 0. The van der Waals surface area contributed by atoms with E-state index in [-0.39, 0.29) is 0 Å². The molecule has 1 heterocycles. The van der Waals surface area contributed by atoms with Crippen LogP contribution in [0.3, 0.4) is 0 Å². The lowest BCUT2D eigenvalue weighted by molar-refractivity contribution is 1.13. The molecule has 106 valence electrons. The zero-order chi connectivity index (χ0) is 15.0. The van der Waals surface area contributed by atoms with Gasteiger partial charge in [-0.3, -0.25) is 0 Å². The van der Waals surface area contributed by atoms with Crippen molar-refractivity contribution in [2.45, 2.75) is 0 Å². The van der Waals surface area contributed by atoms with Crippen LogP contribution in [0.4, 0.5) is 5.69 Å². The predicted molar refractivity (Wildman–Crippen MR) is 89.3 cm³/mol. The van der Waals surface area contributed by atoms with Gasteiger partial charge in [0.15, 0.2) is 5.82 Å². The smallest absolute Gasteiger partial charge is 0.162 e. The van der Waals surface area contributed by atoms with Crippen molar-refractivity contribution in [3.8, 4) is 11.4 Å². The summed E-state index contributed by atoms with van der Waals surface area (Å²) in [6.07, 6.45) is 0. The van der Waals surface area contributed by atoms with Gasteiger partial charge < -0.3 is 4.90 Å². The fraction of sp³-hybridized carbons (Fsp3) is 0.125. The summed E-state index contributed by atoms with van der Waals surface area (Å²) in [6.45, 7) is 0. The summed E-state index contributed by atoms with van der Waals surface area (Å²) in [6, 6.07) is 13.4. The van der Waals surface area contributed by atoms with E-state index >= 15 is 0 Å². The van der Waals surface area contributed by atoms with Crippen molar-refractivity contribution in [1.82, 2.24) is 9.97 Å². The monoisotopic (exact) mass is 317 g/mol. The lowest BCUT2D eigenvalue weighted by Gasteiger charge is -2.13. The van der Waals surface area contributed by atoms with Crippen LogP contribution in [0.5, 0.6) is 0 Å². The highest BCUT2D eigenvalue weighted by molar-refractivity contribution is 6.35. The molecule has 1 aromatic heterocycles. The second-order valence-corrected chi connectivity index (χ2v) is 5.68. The molecular formula is C16H13Cl2N3. The van der Waals surface area contributed by atoms with Crippen molar-refractivity contribution >= 4 is 39.8 Å². The molecule has 0 saturated carbocycles. The molecule has 0 saturated heterocycles. The predicted octanol–water partition coefficient (Wildman–Crippen LogP) is 4.67. The van der Waals surface area contributed by atoms with Gasteiger partial charge in [-0.2, -0.15) is 0 Å². The molecule has 0 fully saturated rings. The summed E-state index contributed by atoms with van der Waals surface area (Å²) in [5.74, 6) is 0.538. The molecule has 5 heteroatoms. The third-order valence-corrected chi connectivity index (χ3v) is 3.88. The summed E-state index contributed by atoms with van der Waals surface area (Å²) in [4.78, 5) is 11.0. The van der Waals surface area contributed by atoms with E-state index in [1.165, 1.54) is 0 Å². The van der Waals surface area contributed by atoms with Crippen molar-refractivity contribution in [3.63, 3.8) is 0 Å². The molecule has 0 spiro atoms. The van der Waals surface area contributed by atoms with Gasteiger partial charge in [-0.05, 0) is 30.3 Å². The molecule has 2 aromatic carbocycles. The topological polar surface area (TPSA) is 29.0 Å². The van der Waals surface area contributed by atoms with Crippen LogP contribution in [0.25, 0.3) is 22.3 Å². The van der Waals surface area contributed by atoms with Gasteiger partial charge >= 0.3 is 0 Å². The molecule has 0 aliphatic carbocycles. The van der Waals surface area contributed by atoms with E-state index in [1.807, 2.05) is 61.5 Å². The van der Waals surface area contributed by atoms with E-state index in [9.17, 15) is 0 Å². The summed E-state index contributed by atoms with van der Waals surface area (Å²) in [5.41, 5.74) is 2.63. The maximum atomic E-state index is 6.33. The van der Waals surface area contributed by atoms with E-state index in [1.54, 1.807) is 0 Å². The number of fused-ring (bicyclic) bond motifs is 1. The average molecular weight is 318 g/mol. The van der Waals surface area contributed by atoms with Gasteiger partial charge in [0.25, 0.3) is 0 Å². The molecule has 3 nitrogen and oxygen atoms in total. The van der Waals surface area contributed by atoms with Crippen molar-refractivity contribution in [2.24, 2.45) is 0 Å². The number of nitrogens with zero attached hydrogens (tertiary/aromatic N) is 3. The fourth-order valence-corrected chi connectivity index (χ4v) is 2.57. The van der Waals surface area contributed by atoms with Gasteiger partial charge in [0.2, 0.25) is 0 Å². The van der Waals surface area contributed by atoms with Crippen molar-refractivity contribution < 1.29 is 0 Å². The summed E-state index contributed by atoms with van der Waals surface area (Å²) in [5, 5.41) is 1.87. The average Bonchev–Trinajstić information content (AvgIpc) is 2.47. The maximum Gasteiger partial charge on any atom is 0.162 e. The lowest BCUT2D eigenvalue weighted by atomic mass is 10.2. The Balaban J connectivity index is 2.21. The number of aromatic nitrogens is 2. The van der Waals surface area contributed by atoms with Gasteiger partial charge in [0.1, 0.15) is 5.15 Å². The standard InChI is InChI=1S/C16H13Cl2N3/c1-21(2)10-7-8-14-12(9-10)15(18)20-16(19-14)11-5-3-4-6-13(11)17/h3-9H,1-2H3. The normalized spacial score (nSPS) is 10.9. The Hall–Kier alpha value is -1.84. The molecule has 3 rings (SSSR count). The van der Waals surface area contributed by atoms with E-state index in [2.05, 4.69) is 9.97 Å². The number of halogens is 2. The van der Waals surface area contributed by atoms with E-state index in [4.69, 9.17) is 23.2 Å². The van der Waals surface area contributed by atoms with Gasteiger partial charge in [-0.1, -0.05) is 35.3 Å². The van der Waals surface area contributed by atoms with E-state index in [0.29, 0.717) is 16.0 Å². The van der Waals surface area contributed by atoms with Gasteiger partial charge in [-0.25, -0.2) is 9.97 Å². The van der Waals surface area contributed by atoms with Crippen LogP contribution in [-0.4, -0.2) is 24.1 Å². The zero-order valence-electron chi connectivity index (χ0n) is 11.6. The molecule has 21 heavy (non-hydrogen) atoms. The van der Waals surface area contributed by atoms with Crippen LogP contribution in [0.15, 0.2) is 42.5 Å². The molecule has 3 aromatic rings. The Morgan fingerprint density at radius 1 is 0.952 bits per heavy atom. The van der Waals surface area contributed by atoms with Crippen LogP contribution < -0.4 is 4.90 Å². The first-order valence-corrected chi connectivity index (χ1v) is 7.21. The number of rotatable bonds is 2. The van der Waals surface area contributed by atoms with Gasteiger partial charge in [0.05, 0.1) is 10.5 Å². The number of hydrogen-bond acceptors (Lipinski definition) is 3. The number of hydrogen-bond donors (Lipinski definition) is 0. The van der Waals surface area contributed by atoms with E-state index < -0.39 is 0 Å². The van der Waals surface area contributed by atoms with Crippen LogP contribution >= 0.6 is 23.2 Å². The molecule has 0 aliphatic heterocycles. The molecular weight excluding hydrogens is 305 g/mol. The quantitative estimate of drug-likeness (QED) is 0.643. The molecule has 0 N–H and O–H groups in total. The Bertz CT molecular complexity index is 816. The molecule has 0 amide bonds. The molecule has 0 radical (unpaired) electrons. The molecule has 0 unspecified atom stereocenters. The van der Waals surface area contributed by atoms with Crippen molar-refractivity contribution in [1.29, 1.82) is 0 Å². The molecule has 0 atom stereocenters. The first kappa shape index (κ1) is 14.1. The van der Waals surface area contributed by atoms with Crippen molar-refractivity contribution in [2.75, 3.05) is 19.0 Å². The van der Waals surface area contributed by atoms with Crippen LogP contribution in [-0.2, 0) is 0 Å². The lowest BCUT2D eigenvalue weighted by Crippen LogP contribution is -2.08. The molecule has 0 aliphatic rings.